The first-order valence-corrected chi connectivity index (χ1v) is 19.2. The minimum atomic E-state index is -0.107. The lowest BCUT2D eigenvalue weighted by atomic mass is 9.64. The molecule has 2 aliphatic rings. The summed E-state index contributed by atoms with van der Waals surface area (Å²) in [4.78, 5) is 15.5. The number of hydrogen-bond acceptors (Lipinski definition) is 4. The highest BCUT2D eigenvalue weighted by Gasteiger charge is 2.37. The van der Waals surface area contributed by atoms with Crippen molar-refractivity contribution in [2.24, 2.45) is 0 Å². The fourth-order valence-corrected chi connectivity index (χ4v) is 8.73. The number of aromatic nitrogens is 3. The third-order valence-electron chi connectivity index (χ3n) is 11.5. The molecule has 56 heavy (non-hydrogen) atoms. The van der Waals surface area contributed by atoms with Gasteiger partial charge in [0.1, 0.15) is 11.2 Å². The molecule has 2 aromatic heterocycles. The first-order valence-electron chi connectivity index (χ1n) is 19.2. The molecule has 0 radical (unpaired) electrons. The molecule has 0 N–H and O–H groups in total. The van der Waals surface area contributed by atoms with Crippen molar-refractivity contribution in [1.82, 2.24) is 15.0 Å². The second-order valence-electron chi connectivity index (χ2n) is 14.8. The molecule has 0 amide bonds. The number of allylic oxidation sites excluding steroid dienone is 4. The highest BCUT2D eigenvalue weighted by atomic mass is 16.3. The summed E-state index contributed by atoms with van der Waals surface area (Å²) in [5, 5.41) is 2.03. The van der Waals surface area contributed by atoms with Crippen LogP contribution in [0.1, 0.15) is 23.1 Å². The number of benzene rings is 7. The molecule has 11 rings (SSSR count). The monoisotopic (exact) mass is 717 g/mol. The van der Waals surface area contributed by atoms with Crippen LogP contribution in [0, 0.1) is 0 Å². The van der Waals surface area contributed by atoms with Crippen molar-refractivity contribution in [1.29, 1.82) is 0 Å². The van der Waals surface area contributed by atoms with Crippen molar-refractivity contribution in [2.75, 3.05) is 0 Å². The third kappa shape index (κ3) is 5.41. The summed E-state index contributed by atoms with van der Waals surface area (Å²) >= 11 is 0. The molecule has 2 heterocycles. The van der Waals surface area contributed by atoms with E-state index in [1.165, 1.54) is 27.8 Å². The first kappa shape index (κ1) is 32.3. The number of para-hydroxylation sites is 1. The predicted molar refractivity (Wildman–Crippen MR) is 228 cm³/mol. The summed E-state index contributed by atoms with van der Waals surface area (Å²) < 4.78 is 6.60. The van der Waals surface area contributed by atoms with Crippen molar-refractivity contribution in [3.05, 3.63) is 205 Å². The first-order chi connectivity index (χ1) is 27.7. The van der Waals surface area contributed by atoms with Gasteiger partial charge in [-0.3, -0.25) is 0 Å². The van der Waals surface area contributed by atoms with E-state index in [1.807, 2.05) is 36.4 Å². The van der Waals surface area contributed by atoms with Crippen LogP contribution in [-0.4, -0.2) is 15.0 Å². The normalized spacial score (nSPS) is 15.8. The number of rotatable bonds is 5. The molecular weight excluding hydrogens is 683 g/mol. The van der Waals surface area contributed by atoms with Gasteiger partial charge in [-0.2, -0.15) is 0 Å². The maximum Gasteiger partial charge on any atom is 0.164 e. The highest BCUT2D eigenvalue weighted by molar-refractivity contribution is 6.13. The van der Waals surface area contributed by atoms with Gasteiger partial charge < -0.3 is 4.42 Å². The second kappa shape index (κ2) is 13.0. The van der Waals surface area contributed by atoms with Crippen LogP contribution in [0.4, 0.5) is 0 Å². The molecule has 4 heteroatoms. The van der Waals surface area contributed by atoms with Crippen LogP contribution >= 0.6 is 0 Å². The Labute approximate surface area is 325 Å². The van der Waals surface area contributed by atoms with E-state index in [0.717, 1.165) is 68.2 Å². The van der Waals surface area contributed by atoms with Crippen LogP contribution in [0.15, 0.2) is 193 Å². The van der Waals surface area contributed by atoms with E-state index in [2.05, 4.69) is 152 Å². The van der Waals surface area contributed by atoms with Crippen molar-refractivity contribution < 1.29 is 4.42 Å². The Hall–Kier alpha value is -7.17. The molecule has 1 unspecified atom stereocenters. The van der Waals surface area contributed by atoms with E-state index in [1.54, 1.807) is 0 Å². The summed E-state index contributed by atoms with van der Waals surface area (Å²) in [7, 11) is 0. The number of nitrogens with zero attached hydrogens (tertiary/aromatic N) is 3. The van der Waals surface area contributed by atoms with Crippen molar-refractivity contribution in [3.8, 4) is 56.4 Å². The van der Waals surface area contributed by atoms with Gasteiger partial charge in [0.05, 0.1) is 0 Å². The molecule has 4 nitrogen and oxygen atoms in total. The molecule has 2 aliphatic carbocycles. The van der Waals surface area contributed by atoms with E-state index in [-0.39, 0.29) is 5.41 Å². The molecule has 1 spiro atoms. The van der Waals surface area contributed by atoms with Gasteiger partial charge in [-0.1, -0.05) is 170 Å². The van der Waals surface area contributed by atoms with Gasteiger partial charge in [0.25, 0.3) is 0 Å². The van der Waals surface area contributed by atoms with Gasteiger partial charge in [-0.25, -0.2) is 15.0 Å². The summed E-state index contributed by atoms with van der Waals surface area (Å²) in [6.07, 6.45) is 9.01. The SMILES string of the molecule is C1=CC2(CC=C1c1cc(-c3nc(-c4ccccc4)nc(-c4ccc(-c5ccccc5)cc4)n3)c3c(c1)oc1ccccc13)Cc1ccccc1-c1ccccc12. The number of fused-ring (bicyclic) bond motifs is 7. The maximum absolute atomic E-state index is 6.60. The summed E-state index contributed by atoms with van der Waals surface area (Å²) in [5.41, 5.74) is 14.3. The van der Waals surface area contributed by atoms with E-state index in [0.29, 0.717) is 17.5 Å². The van der Waals surface area contributed by atoms with Crippen molar-refractivity contribution in [2.45, 2.75) is 18.3 Å². The number of furan rings is 1. The Morgan fingerprint density at radius 1 is 0.464 bits per heavy atom. The number of hydrogen-bond donors (Lipinski definition) is 0. The zero-order valence-electron chi connectivity index (χ0n) is 30.6. The zero-order chi connectivity index (χ0) is 37.1. The molecule has 7 aromatic carbocycles. The zero-order valence-corrected chi connectivity index (χ0v) is 30.6. The summed E-state index contributed by atoms with van der Waals surface area (Å²) in [5.74, 6) is 1.85. The fraction of sp³-hybridized carbons (Fsp3) is 0.0577. The Balaban J connectivity index is 1.06. The van der Waals surface area contributed by atoms with Gasteiger partial charge in [-0.05, 0) is 75.6 Å². The van der Waals surface area contributed by atoms with Crippen LogP contribution in [0.25, 0.3) is 83.9 Å². The summed E-state index contributed by atoms with van der Waals surface area (Å²) in [6, 6.07) is 59.5. The maximum atomic E-state index is 6.60. The van der Waals surface area contributed by atoms with Crippen molar-refractivity contribution >= 4 is 27.5 Å². The van der Waals surface area contributed by atoms with Gasteiger partial charge in [0.15, 0.2) is 17.5 Å². The summed E-state index contributed by atoms with van der Waals surface area (Å²) in [6.45, 7) is 0. The average molecular weight is 718 g/mol. The van der Waals surface area contributed by atoms with E-state index in [4.69, 9.17) is 19.4 Å². The van der Waals surface area contributed by atoms with Gasteiger partial charge in [-0.15, -0.1) is 0 Å². The Bertz CT molecular complexity index is 3010. The Morgan fingerprint density at radius 2 is 1.07 bits per heavy atom. The molecule has 9 aromatic rings. The molecule has 0 saturated heterocycles. The Morgan fingerprint density at radius 3 is 1.84 bits per heavy atom. The van der Waals surface area contributed by atoms with Gasteiger partial charge >= 0.3 is 0 Å². The van der Waals surface area contributed by atoms with Crippen LogP contribution in [0.3, 0.4) is 0 Å². The molecule has 0 saturated carbocycles. The van der Waals surface area contributed by atoms with E-state index >= 15 is 0 Å². The molecule has 0 aliphatic heterocycles. The van der Waals surface area contributed by atoms with Crippen LogP contribution in [0.2, 0.25) is 0 Å². The lowest BCUT2D eigenvalue weighted by Crippen LogP contribution is -2.31. The largest absolute Gasteiger partial charge is 0.456 e. The Kier molecular flexibility index (Phi) is 7.49. The molecular formula is C52H35N3O. The smallest absolute Gasteiger partial charge is 0.164 e. The quantitative estimate of drug-likeness (QED) is 0.178. The lowest BCUT2D eigenvalue weighted by Gasteiger charge is -2.39. The molecule has 1 atom stereocenters. The minimum Gasteiger partial charge on any atom is -0.456 e. The highest BCUT2D eigenvalue weighted by Crippen LogP contribution is 2.49. The van der Waals surface area contributed by atoms with Crippen molar-refractivity contribution in [3.63, 3.8) is 0 Å². The fourth-order valence-electron chi connectivity index (χ4n) is 8.73. The third-order valence-corrected chi connectivity index (χ3v) is 11.5. The van der Waals surface area contributed by atoms with Crippen LogP contribution in [-0.2, 0) is 11.8 Å². The van der Waals surface area contributed by atoms with Gasteiger partial charge in [0, 0.05) is 32.9 Å². The topological polar surface area (TPSA) is 51.8 Å². The van der Waals surface area contributed by atoms with E-state index in [9.17, 15) is 0 Å². The molecule has 0 fully saturated rings. The van der Waals surface area contributed by atoms with E-state index < -0.39 is 0 Å². The van der Waals surface area contributed by atoms with Crippen LogP contribution in [0.5, 0.6) is 0 Å². The average Bonchev–Trinajstić information content (AvgIpc) is 3.66. The van der Waals surface area contributed by atoms with Gasteiger partial charge in [0.2, 0.25) is 0 Å². The minimum absolute atomic E-state index is 0.107. The molecule has 0 bridgehead atoms. The lowest BCUT2D eigenvalue weighted by molar-refractivity contribution is 0.530. The standard InChI is InChI=1S/C52H35N3O/c1-3-13-34(14-4-1)35-23-25-38(26-24-35)50-53-49(37-15-5-2-6-16-37)54-51(55-50)44-31-40(32-47-48(44)43-20-10-12-22-46(43)56-47)36-27-29-52(30-28-36)33-39-17-7-8-18-41(39)42-19-9-11-21-45(42)52/h1-29,31-32H,30,33H2. The van der Waals surface area contributed by atoms with Crippen LogP contribution < -0.4 is 0 Å². The predicted octanol–water partition coefficient (Wildman–Crippen LogP) is 12.9. The second-order valence-corrected chi connectivity index (χ2v) is 14.8. The molecule has 264 valence electrons.